The first kappa shape index (κ1) is 22.4. The molecule has 0 unspecified atom stereocenters. The topological polar surface area (TPSA) is 106 Å². The lowest BCUT2D eigenvalue weighted by atomic mass is 10.1. The van der Waals surface area contributed by atoms with Gasteiger partial charge in [0.15, 0.2) is 5.82 Å². The molecule has 0 radical (unpaired) electrons. The average Bonchev–Trinajstić information content (AvgIpc) is 3.20. The third-order valence-corrected chi connectivity index (χ3v) is 5.13. The van der Waals surface area contributed by atoms with E-state index in [-0.39, 0.29) is 18.3 Å². The Morgan fingerprint density at radius 1 is 1.10 bits per heavy atom. The number of aromatic nitrogens is 3. The van der Waals surface area contributed by atoms with E-state index < -0.39 is 5.97 Å². The van der Waals surface area contributed by atoms with Crippen LogP contribution in [0.5, 0.6) is 5.75 Å². The standard InChI is InChI=1S/C22H24N4O4S/c1-4-29-21(28)16-8-10-17(11-9-16)23-19(27)13-31-22-24-18(25-26-22)12-30-20-14(2)6-5-7-15(20)3/h5-11H,4,12-13H2,1-3H3,(H,23,27)(H,24,25,26). The van der Waals surface area contributed by atoms with E-state index in [4.69, 9.17) is 9.47 Å². The summed E-state index contributed by atoms with van der Waals surface area (Å²) in [4.78, 5) is 28.2. The van der Waals surface area contributed by atoms with Crippen LogP contribution >= 0.6 is 11.8 Å². The molecule has 31 heavy (non-hydrogen) atoms. The van der Waals surface area contributed by atoms with Crippen molar-refractivity contribution in [3.63, 3.8) is 0 Å². The van der Waals surface area contributed by atoms with Crippen molar-refractivity contribution < 1.29 is 19.1 Å². The van der Waals surface area contributed by atoms with E-state index in [0.29, 0.717) is 28.8 Å². The number of H-pyrrole nitrogens is 1. The lowest BCUT2D eigenvalue weighted by molar-refractivity contribution is -0.113. The molecular weight excluding hydrogens is 416 g/mol. The Bertz CT molecular complexity index is 1030. The largest absolute Gasteiger partial charge is 0.485 e. The third kappa shape index (κ3) is 6.32. The highest BCUT2D eigenvalue weighted by atomic mass is 32.2. The summed E-state index contributed by atoms with van der Waals surface area (Å²) < 4.78 is 10.8. The molecular formula is C22H24N4O4S. The number of amides is 1. The van der Waals surface area contributed by atoms with Gasteiger partial charge in [-0.15, -0.1) is 5.10 Å². The Balaban J connectivity index is 1.47. The Hall–Kier alpha value is -3.33. The third-order valence-electron chi connectivity index (χ3n) is 4.29. The zero-order chi connectivity index (χ0) is 22.2. The number of hydrogen-bond acceptors (Lipinski definition) is 7. The minimum Gasteiger partial charge on any atom is -0.485 e. The second-order valence-electron chi connectivity index (χ2n) is 6.71. The van der Waals surface area contributed by atoms with Crippen molar-refractivity contribution in [1.82, 2.24) is 15.2 Å². The van der Waals surface area contributed by atoms with Crippen LogP contribution < -0.4 is 10.1 Å². The maximum absolute atomic E-state index is 12.2. The number of carbonyl (C=O) groups excluding carboxylic acids is 2. The maximum atomic E-state index is 12.2. The van der Waals surface area contributed by atoms with Crippen LogP contribution in [0, 0.1) is 13.8 Å². The number of hydrogen-bond donors (Lipinski definition) is 2. The molecule has 0 atom stereocenters. The molecule has 8 nitrogen and oxygen atoms in total. The summed E-state index contributed by atoms with van der Waals surface area (Å²) in [7, 11) is 0. The number of thioether (sulfide) groups is 1. The first-order valence-corrected chi connectivity index (χ1v) is 10.7. The van der Waals surface area contributed by atoms with Crippen molar-refractivity contribution in [2.45, 2.75) is 32.5 Å². The smallest absolute Gasteiger partial charge is 0.338 e. The molecule has 162 valence electrons. The van der Waals surface area contributed by atoms with Gasteiger partial charge in [0.2, 0.25) is 11.1 Å². The van der Waals surface area contributed by atoms with Gasteiger partial charge in [-0.1, -0.05) is 30.0 Å². The first-order chi connectivity index (χ1) is 15.0. The summed E-state index contributed by atoms with van der Waals surface area (Å²) >= 11 is 1.22. The molecule has 0 saturated heterocycles. The quantitative estimate of drug-likeness (QED) is 0.384. The lowest BCUT2D eigenvalue weighted by Gasteiger charge is -2.10. The number of carbonyl (C=O) groups is 2. The highest BCUT2D eigenvalue weighted by Gasteiger charge is 2.11. The van der Waals surface area contributed by atoms with E-state index in [1.807, 2.05) is 32.0 Å². The number of nitrogens with zero attached hydrogens (tertiary/aromatic N) is 2. The van der Waals surface area contributed by atoms with E-state index in [0.717, 1.165) is 16.9 Å². The highest BCUT2D eigenvalue weighted by Crippen LogP contribution is 2.23. The van der Waals surface area contributed by atoms with Crippen molar-refractivity contribution in [3.8, 4) is 5.75 Å². The summed E-state index contributed by atoms with van der Waals surface area (Å²) in [5.41, 5.74) is 3.14. The minimum absolute atomic E-state index is 0.147. The summed E-state index contributed by atoms with van der Waals surface area (Å²) in [5, 5.41) is 10.2. The molecule has 0 spiro atoms. The molecule has 1 amide bonds. The number of aryl methyl sites for hydroxylation is 2. The Morgan fingerprint density at radius 3 is 2.48 bits per heavy atom. The molecule has 0 aliphatic rings. The zero-order valence-corrected chi connectivity index (χ0v) is 18.4. The average molecular weight is 441 g/mol. The predicted octanol–water partition coefficient (Wildman–Crippen LogP) is 3.91. The van der Waals surface area contributed by atoms with Crippen LogP contribution in [0.4, 0.5) is 5.69 Å². The number of aromatic amines is 1. The molecule has 3 aromatic rings. The van der Waals surface area contributed by atoms with E-state index in [1.54, 1.807) is 31.2 Å². The SMILES string of the molecule is CCOC(=O)c1ccc(NC(=O)CSc2n[nH]c(COc3c(C)cccc3C)n2)cc1. The Morgan fingerprint density at radius 2 is 1.81 bits per heavy atom. The fourth-order valence-corrected chi connectivity index (χ4v) is 3.42. The van der Waals surface area contributed by atoms with Crippen LogP contribution in [0.1, 0.15) is 34.2 Å². The fraction of sp³-hybridized carbons (Fsp3) is 0.273. The van der Waals surface area contributed by atoms with Gasteiger partial charge < -0.3 is 14.8 Å². The normalized spacial score (nSPS) is 10.5. The number of benzene rings is 2. The fourth-order valence-electron chi connectivity index (χ4n) is 2.81. The van der Waals surface area contributed by atoms with Crippen molar-refractivity contribution in [2.75, 3.05) is 17.7 Å². The van der Waals surface area contributed by atoms with Gasteiger partial charge in [0, 0.05) is 5.69 Å². The predicted molar refractivity (Wildman–Crippen MR) is 118 cm³/mol. The molecule has 3 rings (SSSR count). The van der Waals surface area contributed by atoms with Crippen LogP contribution in [0.2, 0.25) is 0 Å². The Kier molecular flexibility index (Phi) is 7.66. The highest BCUT2D eigenvalue weighted by molar-refractivity contribution is 7.99. The van der Waals surface area contributed by atoms with E-state index >= 15 is 0 Å². The number of nitrogens with one attached hydrogen (secondary N) is 2. The first-order valence-electron chi connectivity index (χ1n) is 9.76. The number of anilines is 1. The van der Waals surface area contributed by atoms with Gasteiger partial charge >= 0.3 is 5.97 Å². The van der Waals surface area contributed by atoms with Crippen LogP contribution in [0.3, 0.4) is 0 Å². The van der Waals surface area contributed by atoms with Gasteiger partial charge in [-0.2, -0.15) is 0 Å². The molecule has 0 fully saturated rings. The van der Waals surface area contributed by atoms with Crippen LogP contribution in [-0.4, -0.2) is 39.4 Å². The number of para-hydroxylation sites is 1. The van der Waals surface area contributed by atoms with Crippen LogP contribution in [0.15, 0.2) is 47.6 Å². The molecule has 2 N–H and O–H groups in total. The molecule has 9 heteroatoms. The molecule has 1 aromatic heterocycles. The van der Waals surface area contributed by atoms with Gasteiger partial charge in [-0.05, 0) is 56.2 Å². The minimum atomic E-state index is -0.391. The van der Waals surface area contributed by atoms with Crippen LogP contribution in [0.25, 0.3) is 0 Å². The van der Waals surface area contributed by atoms with E-state index in [1.165, 1.54) is 11.8 Å². The second kappa shape index (κ2) is 10.6. The van der Waals surface area contributed by atoms with Crippen molar-refractivity contribution in [1.29, 1.82) is 0 Å². The lowest BCUT2D eigenvalue weighted by Crippen LogP contribution is -2.14. The second-order valence-corrected chi connectivity index (χ2v) is 7.65. The van der Waals surface area contributed by atoms with Gasteiger partial charge in [-0.3, -0.25) is 9.89 Å². The van der Waals surface area contributed by atoms with Gasteiger partial charge in [0.1, 0.15) is 12.4 Å². The molecule has 1 heterocycles. The van der Waals surface area contributed by atoms with Gasteiger partial charge in [0.25, 0.3) is 0 Å². The van der Waals surface area contributed by atoms with Crippen molar-refractivity contribution >= 4 is 29.3 Å². The van der Waals surface area contributed by atoms with E-state index in [9.17, 15) is 9.59 Å². The summed E-state index contributed by atoms with van der Waals surface area (Å²) in [6.45, 7) is 6.31. The Labute approximate surface area is 184 Å². The van der Waals surface area contributed by atoms with Crippen molar-refractivity contribution in [2.24, 2.45) is 0 Å². The van der Waals surface area contributed by atoms with Gasteiger partial charge in [-0.25, -0.2) is 9.78 Å². The molecule has 0 aliphatic carbocycles. The maximum Gasteiger partial charge on any atom is 0.338 e. The number of rotatable bonds is 9. The molecule has 0 saturated carbocycles. The summed E-state index contributed by atoms with van der Waals surface area (Å²) in [6, 6.07) is 12.5. The van der Waals surface area contributed by atoms with E-state index in [2.05, 4.69) is 20.5 Å². The van der Waals surface area contributed by atoms with Crippen LogP contribution in [-0.2, 0) is 16.1 Å². The zero-order valence-electron chi connectivity index (χ0n) is 17.6. The summed E-state index contributed by atoms with van der Waals surface area (Å²) in [5.74, 6) is 0.973. The van der Waals surface area contributed by atoms with Gasteiger partial charge in [0.05, 0.1) is 17.9 Å². The molecule has 2 aromatic carbocycles. The van der Waals surface area contributed by atoms with Crippen molar-refractivity contribution in [3.05, 3.63) is 65.0 Å². The monoisotopic (exact) mass is 440 g/mol. The molecule has 0 bridgehead atoms. The number of ether oxygens (including phenoxy) is 2. The summed E-state index contributed by atoms with van der Waals surface area (Å²) in [6.07, 6.45) is 0. The number of esters is 1. The molecule has 0 aliphatic heterocycles.